The molecule has 0 saturated carbocycles. The summed E-state index contributed by atoms with van der Waals surface area (Å²) < 4.78 is 22.4. The van der Waals surface area contributed by atoms with Gasteiger partial charge in [0, 0.05) is 12.6 Å². The Hall–Kier alpha value is -0.950. The van der Waals surface area contributed by atoms with Crippen LogP contribution in [0.15, 0.2) is 29.2 Å². The topological polar surface area (TPSA) is 75.4 Å². The summed E-state index contributed by atoms with van der Waals surface area (Å²) in [6.07, 6.45) is 3.60. The van der Waals surface area contributed by atoms with Gasteiger partial charge < -0.3 is 10.2 Å². The van der Waals surface area contributed by atoms with Crippen molar-refractivity contribution < 1.29 is 8.42 Å². The number of sulfonamides is 1. The second-order valence-electron chi connectivity index (χ2n) is 5.63. The molecule has 1 aromatic rings. The van der Waals surface area contributed by atoms with Crippen LogP contribution in [0.25, 0.3) is 0 Å². The van der Waals surface area contributed by atoms with Crippen LogP contribution < -0.4 is 10.5 Å². The molecule has 0 spiro atoms. The largest absolute Gasteiger partial charge is 0.310 e. The first-order valence-electron chi connectivity index (χ1n) is 7.56. The highest BCUT2D eigenvalue weighted by Gasteiger charge is 2.15. The number of nitrogens with two attached hydrogens (primary N) is 1. The summed E-state index contributed by atoms with van der Waals surface area (Å²) in [6, 6.07) is 7.32. The molecule has 21 heavy (non-hydrogen) atoms. The van der Waals surface area contributed by atoms with Crippen molar-refractivity contribution in [2.75, 3.05) is 19.6 Å². The van der Waals surface area contributed by atoms with Crippen LogP contribution in [0.1, 0.15) is 31.7 Å². The third-order valence-electron chi connectivity index (χ3n) is 4.11. The van der Waals surface area contributed by atoms with Crippen molar-refractivity contribution >= 4 is 10.0 Å². The van der Waals surface area contributed by atoms with E-state index >= 15 is 0 Å². The maximum atomic E-state index is 11.2. The standard InChI is InChI=1S/C15H25N3O2S/c1-2-18-10-3-4-14(9-11-18)17-12-13-5-7-15(8-6-13)21(16,19)20/h5-8,14,17H,2-4,9-12H2,1H3,(H2,16,19,20). The maximum absolute atomic E-state index is 11.2. The first kappa shape index (κ1) is 16.4. The first-order valence-corrected chi connectivity index (χ1v) is 9.11. The molecule has 5 nitrogen and oxygen atoms in total. The molecule has 1 saturated heterocycles. The van der Waals surface area contributed by atoms with Crippen LogP contribution in [0.4, 0.5) is 0 Å². The SMILES string of the molecule is CCN1CCCC(NCc2ccc(S(N)(=O)=O)cc2)CC1. The third kappa shape index (κ3) is 5.07. The zero-order chi connectivity index (χ0) is 15.3. The zero-order valence-corrected chi connectivity index (χ0v) is 13.4. The molecule has 0 aromatic heterocycles. The molecule has 1 atom stereocenters. The Morgan fingerprint density at radius 3 is 2.57 bits per heavy atom. The Morgan fingerprint density at radius 2 is 1.95 bits per heavy atom. The number of rotatable bonds is 5. The van der Waals surface area contributed by atoms with Crippen LogP contribution in [0.3, 0.4) is 0 Å². The minimum atomic E-state index is -3.59. The van der Waals surface area contributed by atoms with E-state index in [0.29, 0.717) is 6.04 Å². The van der Waals surface area contributed by atoms with Gasteiger partial charge >= 0.3 is 0 Å². The molecule has 1 heterocycles. The minimum absolute atomic E-state index is 0.166. The van der Waals surface area contributed by atoms with E-state index in [1.165, 1.54) is 25.8 Å². The van der Waals surface area contributed by atoms with Gasteiger partial charge in [0.2, 0.25) is 10.0 Å². The van der Waals surface area contributed by atoms with Crippen LogP contribution in [0.2, 0.25) is 0 Å². The van der Waals surface area contributed by atoms with Crippen molar-refractivity contribution in [1.29, 1.82) is 0 Å². The second-order valence-corrected chi connectivity index (χ2v) is 7.19. The normalized spacial score (nSPS) is 21.1. The fraction of sp³-hybridized carbons (Fsp3) is 0.600. The summed E-state index contributed by atoms with van der Waals surface area (Å²) in [4.78, 5) is 2.65. The second kappa shape index (κ2) is 7.35. The Morgan fingerprint density at radius 1 is 1.24 bits per heavy atom. The summed E-state index contributed by atoms with van der Waals surface area (Å²) in [5.74, 6) is 0. The van der Waals surface area contributed by atoms with Gasteiger partial charge in [-0.2, -0.15) is 0 Å². The van der Waals surface area contributed by atoms with Crippen molar-refractivity contribution in [2.45, 2.75) is 43.7 Å². The molecular formula is C15H25N3O2S. The van der Waals surface area contributed by atoms with Gasteiger partial charge in [-0.15, -0.1) is 0 Å². The number of primary sulfonamides is 1. The van der Waals surface area contributed by atoms with Crippen LogP contribution in [0.5, 0.6) is 0 Å². The van der Waals surface area contributed by atoms with E-state index in [0.717, 1.165) is 25.2 Å². The zero-order valence-electron chi connectivity index (χ0n) is 12.6. The number of hydrogen-bond acceptors (Lipinski definition) is 4. The number of benzene rings is 1. The van der Waals surface area contributed by atoms with Gasteiger partial charge in [-0.05, 0) is 56.6 Å². The molecule has 2 rings (SSSR count). The number of hydrogen-bond donors (Lipinski definition) is 2. The lowest BCUT2D eigenvalue weighted by atomic mass is 10.1. The molecule has 3 N–H and O–H groups in total. The van der Waals surface area contributed by atoms with Gasteiger partial charge in [0.05, 0.1) is 4.90 Å². The molecule has 1 unspecified atom stereocenters. The lowest BCUT2D eigenvalue weighted by Gasteiger charge is -2.18. The van der Waals surface area contributed by atoms with E-state index in [1.54, 1.807) is 12.1 Å². The average Bonchev–Trinajstić information content (AvgIpc) is 2.69. The van der Waals surface area contributed by atoms with Gasteiger partial charge in [0.25, 0.3) is 0 Å². The van der Waals surface area contributed by atoms with Gasteiger partial charge in [-0.25, -0.2) is 13.6 Å². The molecule has 0 aliphatic carbocycles. The first-order chi connectivity index (χ1) is 9.99. The molecule has 0 radical (unpaired) electrons. The van der Waals surface area contributed by atoms with Gasteiger partial charge in [-0.3, -0.25) is 0 Å². The van der Waals surface area contributed by atoms with Crippen LogP contribution >= 0.6 is 0 Å². The molecule has 0 bridgehead atoms. The van der Waals surface area contributed by atoms with Crippen molar-refractivity contribution in [1.82, 2.24) is 10.2 Å². The van der Waals surface area contributed by atoms with E-state index in [9.17, 15) is 8.42 Å². The molecule has 1 aliphatic heterocycles. The van der Waals surface area contributed by atoms with Crippen LogP contribution in [-0.4, -0.2) is 39.0 Å². The maximum Gasteiger partial charge on any atom is 0.238 e. The van der Waals surface area contributed by atoms with Gasteiger partial charge in [-0.1, -0.05) is 19.1 Å². The molecule has 6 heteroatoms. The number of likely N-dealkylation sites (tertiary alicyclic amines) is 1. The van der Waals surface area contributed by atoms with Gasteiger partial charge in [0.1, 0.15) is 0 Å². The lowest BCUT2D eigenvalue weighted by Crippen LogP contribution is -2.30. The average molecular weight is 311 g/mol. The lowest BCUT2D eigenvalue weighted by molar-refractivity contribution is 0.297. The van der Waals surface area contributed by atoms with Crippen molar-refractivity contribution in [3.63, 3.8) is 0 Å². The van der Waals surface area contributed by atoms with E-state index in [2.05, 4.69) is 17.1 Å². The van der Waals surface area contributed by atoms with E-state index in [-0.39, 0.29) is 4.90 Å². The summed E-state index contributed by atoms with van der Waals surface area (Å²) in [7, 11) is -3.59. The van der Waals surface area contributed by atoms with Crippen LogP contribution in [0, 0.1) is 0 Å². The quantitative estimate of drug-likeness (QED) is 0.859. The van der Waals surface area contributed by atoms with Gasteiger partial charge in [0.15, 0.2) is 0 Å². The molecule has 1 aromatic carbocycles. The highest BCUT2D eigenvalue weighted by Crippen LogP contribution is 2.13. The highest BCUT2D eigenvalue weighted by molar-refractivity contribution is 7.89. The molecule has 0 amide bonds. The Bertz CT molecular complexity index is 543. The van der Waals surface area contributed by atoms with Crippen molar-refractivity contribution in [3.8, 4) is 0 Å². The summed E-state index contributed by atoms with van der Waals surface area (Å²) >= 11 is 0. The van der Waals surface area contributed by atoms with E-state index < -0.39 is 10.0 Å². The van der Waals surface area contributed by atoms with Crippen molar-refractivity contribution in [3.05, 3.63) is 29.8 Å². The Kier molecular flexibility index (Phi) is 5.75. The molecule has 118 valence electrons. The Balaban J connectivity index is 1.85. The Labute approximate surface area is 127 Å². The summed E-state index contributed by atoms with van der Waals surface area (Å²) in [5, 5.41) is 8.67. The predicted molar refractivity (Wildman–Crippen MR) is 84.4 cm³/mol. The van der Waals surface area contributed by atoms with E-state index in [1.807, 2.05) is 12.1 Å². The number of nitrogens with zero attached hydrogens (tertiary/aromatic N) is 1. The monoisotopic (exact) mass is 311 g/mol. The highest BCUT2D eigenvalue weighted by atomic mass is 32.2. The molecule has 1 aliphatic rings. The smallest absolute Gasteiger partial charge is 0.238 e. The fourth-order valence-corrected chi connectivity index (χ4v) is 3.25. The summed E-state index contributed by atoms with van der Waals surface area (Å²) in [6.45, 7) is 6.44. The fourth-order valence-electron chi connectivity index (χ4n) is 2.74. The number of nitrogens with one attached hydrogen (secondary N) is 1. The van der Waals surface area contributed by atoms with E-state index in [4.69, 9.17) is 5.14 Å². The third-order valence-corrected chi connectivity index (χ3v) is 5.04. The predicted octanol–water partition coefficient (Wildman–Crippen LogP) is 1.30. The van der Waals surface area contributed by atoms with Crippen molar-refractivity contribution in [2.24, 2.45) is 5.14 Å². The van der Waals surface area contributed by atoms with Crippen LogP contribution in [-0.2, 0) is 16.6 Å². The minimum Gasteiger partial charge on any atom is -0.310 e. The molecule has 1 fully saturated rings. The summed E-state index contributed by atoms with van der Waals surface area (Å²) in [5.41, 5.74) is 1.08. The molecular weight excluding hydrogens is 286 g/mol.